The Hall–Kier alpha value is -2.72. The van der Waals surface area contributed by atoms with Crippen LogP contribution in [0.4, 0.5) is 5.82 Å². The molecule has 1 aromatic rings. The second kappa shape index (κ2) is 10.4. The van der Waals surface area contributed by atoms with E-state index in [2.05, 4.69) is 10.7 Å². The SMILES string of the molecule is CO[n+]1ccccc1NC(=O)C1CCNN1C(=O)C(CC1CCCC1)CN(O)C=O. The molecule has 2 aliphatic rings. The number of hydrazine groups is 1. The van der Waals surface area contributed by atoms with Gasteiger partial charge in [-0.2, -0.15) is 0 Å². The van der Waals surface area contributed by atoms with Gasteiger partial charge < -0.3 is 4.84 Å². The fourth-order valence-electron chi connectivity index (χ4n) is 4.30. The Labute approximate surface area is 175 Å². The van der Waals surface area contributed by atoms with Crippen LogP contribution in [-0.4, -0.2) is 59.7 Å². The summed E-state index contributed by atoms with van der Waals surface area (Å²) in [5, 5.41) is 14.4. The van der Waals surface area contributed by atoms with Gasteiger partial charge in [-0.3, -0.25) is 19.8 Å². The van der Waals surface area contributed by atoms with E-state index in [-0.39, 0.29) is 18.4 Å². The molecule has 10 nitrogen and oxygen atoms in total. The van der Waals surface area contributed by atoms with E-state index >= 15 is 0 Å². The molecule has 1 saturated heterocycles. The van der Waals surface area contributed by atoms with Gasteiger partial charge in [0, 0.05) is 12.6 Å². The van der Waals surface area contributed by atoms with Crippen LogP contribution in [0.25, 0.3) is 0 Å². The molecule has 1 aliphatic carbocycles. The number of hydrogen-bond acceptors (Lipinski definition) is 6. The third kappa shape index (κ3) is 5.25. The van der Waals surface area contributed by atoms with Crippen molar-refractivity contribution in [1.82, 2.24) is 15.5 Å². The molecule has 164 valence electrons. The Kier molecular flexibility index (Phi) is 7.58. The zero-order chi connectivity index (χ0) is 21.5. The van der Waals surface area contributed by atoms with Crippen LogP contribution < -0.4 is 20.3 Å². The van der Waals surface area contributed by atoms with Crippen molar-refractivity contribution in [2.75, 3.05) is 25.5 Å². The van der Waals surface area contributed by atoms with E-state index in [1.165, 1.54) is 16.8 Å². The molecule has 1 aromatic heterocycles. The number of hydrogen-bond donors (Lipinski definition) is 3. The molecule has 2 atom stereocenters. The molecule has 0 bridgehead atoms. The van der Waals surface area contributed by atoms with Crippen LogP contribution in [0.2, 0.25) is 0 Å². The Morgan fingerprint density at radius 1 is 1.40 bits per heavy atom. The van der Waals surface area contributed by atoms with Gasteiger partial charge in [-0.15, -0.1) is 0 Å². The molecule has 3 N–H and O–H groups in total. The smallest absolute Gasteiger partial charge is 0.331 e. The zero-order valence-electron chi connectivity index (χ0n) is 17.2. The summed E-state index contributed by atoms with van der Waals surface area (Å²) in [6.07, 6.45) is 7.35. The summed E-state index contributed by atoms with van der Waals surface area (Å²) in [6.45, 7) is 0.392. The highest BCUT2D eigenvalue weighted by atomic mass is 16.6. The lowest BCUT2D eigenvalue weighted by molar-refractivity contribution is -0.874. The van der Waals surface area contributed by atoms with Gasteiger partial charge in [0.05, 0.1) is 12.5 Å². The zero-order valence-corrected chi connectivity index (χ0v) is 17.2. The lowest BCUT2D eigenvalue weighted by atomic mass is 9.92. The van der Waals surface area contributed by atoms with Crippen molar-refractivity contribution in [3.8, 4) is 0 Å². The lowest BCUT2D eigenvalue weighted by Crippen LogP contribution is -2.53. The molecule has 1 aliphatic heterocycles. The Morgan fingerprint density at radius 2 is 2.17 bits per heavy atom. The van der Waals surface area contributed by atoms with Crippen LogP contribution in [-0.2, 0) is 14.4 Å². The van der Waals surface area contributed by atoms with E-state index < -0.39 is 12.0 Å². The number of carbonyl (C=O) groups is 3. The van der Waals surface area contributed by atoms with Gasteiger partial charge in [-0.05, 0) is 29.6 Å². The first kappa shape index (κ1) is 22.0. The molecule has 2 unspecified atom stereocenters. The third-order valence-electron chi connectivity index (χ3n) is 5.79. The van der Waals surface area contributed by atoms with Crippen molar-refractivity contribution in [2.24, 2.45) is 11.8 Å². The van der Waals surface area contributed by atoms with Gasteiger partial charge in [0.2, 0.25) is 12.3 Å². The highest BCUT2D eigenvalue weighted by Gasteiger charge is 2.40. The van der Waals surface area contributed by atoms with E-state index in [1.807, 2.05) is 0 Å². The van der Waals surface area contributed by atoms with Crippen LogP contribution in [0, 0.1) is 11.8 Å². The first-order valence-corrected chi connectivity index (χ1v) is 10.4. The fourth-order valence-corrected chi connectivity index (χ4v) is 4.30. The predicted octanol–water partition coefficient (Wildman–Crippen LogP) is 0.121. The summed E-state index contributed by atoms with van der Waals surface area (Å²) < 4.78 is 1.42. The molecule has 1 saturated carbocycles. The first-order valence-electron chi connectivity index (χ1n) is 10.4. The highest BCUT2D eigenvalue weighted by molar-refractivity contribution is 5.96. The number of amides is 3. The number of aromatic nitrogens is 1. The Morgan fingerprint density at radius 3 is 2.87 bits per heavy atom. The summed E-state index contributed by atoms with van der Waals surface area (Å²) in [4.78, 5) is 42.3. The van der Waals surface area contributed by atoms with Crippen LogP contribution in [0.3, 0.4) is 0 Å². The molecule has 0 aromatic carbocycles. The first-order chi connectivity index (χ1) is 14.5. The van der Waals surface area contributed by atoms with Crippen molar-refractivity contribution in [2.45, 2.75) is 44.6 Å². The van der Waals surface area contributed by atoms with Crippen molar-refractivity contribution in [3.63, 3.8) is 0 Å². The molecule has 2 heterocycles. The van der Waals surface area contributed by atoms with Gasteiger partial charge in [0.1, 0.15) is 13.3 Å². The largest absolute Gasteiger partial charge is 0.339 e. The van der Waals surface area contributed by atoms with Crippen LogP contribution >= 0.6 is 0 Å². The minimum Gasteiger partial charge on any atom is -0.339 e. The maximum atomic E-state index is 13.3. The Balaban J connectivity index is 1.71. The summed E-state index contributed by atoms with van der Waals surface area (Å²) in [7, 11) is 1.49. The number of pyridine rings is 1. The second-order valence-electron chi connectivity index (χ2n) is 7.81. The number of nitrogens with one attached hydrogen (secondary N) is 2. The lowest BCUT2D eigenvalue weighted by Gasteiger charge is -2.29. The van der Waals surface area contributed by atoms with Gasteiger partial charge in [-0.1, -0.05) is 31.7 Å². The standard InChI is InChI=1S/C20H29N5O5/c1-30-24-11-5-4-8-18(24)22-19(27)17-9-10-21-25(17)20(28)16(13-23(29)14-26)12-15-6-2-3-7-15/h4-5,8,11,14-17,21,29H,2-3,6-7,9-10,12-13H2,1H3/p+1. The Bertz CT molecular complexity index is 755. The molecule has 3 rings (SSSR count). The maximum absolute atomic E-state index is 13.3. The molecule has 2 fully saturated rings. The van der Waals surface area contributed by atoms with E-state index in [0.717, 1.165) is 25.7 Å². The maximum Gasteiger partial charge on any atom is 0.331 e. The number of nitrogens with zero attached hydrogens (tertiary/aromatic N) is 3. The molecule has 0 radical (unpaired) electrons. The molecule has 30 heavy (non-hydrogen) atoms. The third-order valence-corrected chi connectivity index (χ3v) is 5.79. The highest BCUT2D eigenvalue weighted by Crippen LogP contribution is 2.31. The second-order valence-corrected chi connectivity index (χ2v) is 7.81. The van der Waals surface area contributed by atoms with E-state index in [9.17, 15) is 19.6 Å². The van der Waals surface area contributed by atoms with Crippen LogP contribution in [0.1, 0.15) is 38.5 Å². The van der Waals surface area contributed by atoms with Crippen molar-refractivity contribution in [3.05, 3.63) is 24.4 Å². The topological polar surface area (TPSA) is 115 Å². The average molecular weight is 420 g/mol. The minimum atomic E-state index is -0.697. The van der Waals surface area contributed by atoms with E-state index in [0.29, 0.717) is 42.6 Å². The molecule has 10 heteroatoms. The number of anilines is 1. The molecule has 3 amide bonds. The van der Waals surface area contributed by atoms with Gasteiger partial charge in [0.25, 0.3) is 0 Å². The number of rotatable bonds is 9. The summed E-state index contributed by atoms with van der Waals surface area (Å²) >= 11 is 0. The van der Waals surface area contributed by atoms with Crippen LogP contribution in [0.15, 0.2) is 24.4 Å². The fraction of sp³-hybridized carbons (Fsp3) is 0.600. The van der Waals surface area contributed by atoms with Gasteiger partial charge >= 0.3 is 11.7 Å². The number of hydroxylamine groups is 2. The normalized spacial score (nSPS) is 20.1. The summed E-state index contributed by atoms with van der Waals surface area (Å²) in [5.74, 6) is -0.354. The molecular formula is C20H30N5O5+. The molecule has 0 spiro atoms. The quantitative estimate of drug-likeness (QED) is 0.226. The average Bonchev–Trinajstić information content (AvgIpc) is 3.45. The predicted molar refractivity (Wildman–Crippen MR) is 106 cm³/mol. The van der Waals surface area contributed by atoms with Crippen molar-refractivity contribution in [1.29, 1.82) is 0 Å². The van der Waals surface area contributed by atoms with E-state index in [1.54, 1.807) is 24.4 Å². The summed E-state index contributed by atoms with van der Waals surface area (Å²) in [5.41, 5.74) is 2.99. The molecular weight excluding hydrogens is 390 g/mol. The van der Waals surface area contributed by atoms with Crippen LogP contribution in [0.5, 0.6) is 0 Å². The van der Waals surface area contributed by atoms with Crippen molar-refractivity contribution < 1.29 is 29.2 Å². The van der Waals surface area contributed by atoms with Gasteiger partial charge in [0.15, 0.2) is 6.04 Å². The van der Waals surface area contributed by atoms with Gasteiger partial charge in [-0.25, -0.2) is 20.6 Å². The number of carbonyl (C=O) groups excluding carboxylic acids is 3. The van der Waals surface area contributed by atoms with E-state index in [4.69, 9.17) is 4.84 Å². The van der Waals surface area contributed by atoms with Crippen molar-refractivity contribution >= 4 is 24.0 Å². The summed E-state index contributed by atoms with van der Waals surface area (Å²) in [6, 6.07) is 4.55. The minimum absolute atomic E-state index is 0.0896. The monoisotopic (exact) mass is 420 g/mol.